The maximum Gasteiger partial charge on any atom is 0.573 e. The fourth-order valence-electron chi connectivity index (χ4n) is 2.18. The number of benzene rings is 1. The molecule has 2 nitrogen and oxygen atoms in total. The summed E-state index contributed by atoms with van der Waals surface area (Å²) in [5.74, 6) is 0.548. The molecule has 0 aromatic heterocycles. The van der Waals surface area contributed by atoms with E-state index < -0.39 is 6.36 Å². The number of ether oxygens (including phenoxy) is 1. The van der Waals surface area contributed by atoms with Gasteiger partial charge in [0.2, 0.25) is 0 Å². The Labute approximate surface area is 97.6 Å². The van der Waals surface area contributed by atoms with E-state index in [4.69, 9.17) is 5.73 Å². The molecule has 3 unspecified atom stereocenters. The maximum atomic E-state index is 12.0. The van der Waals surface area contributed by atoms with Gasteiger partial charge in [-0.05, 0) is 36.0 Å². The second kappa shape index (κ2) is 4.22. The fraction of sp³-hybridized carbons (Fsp3) is 0.500. The molecule has 1 aromatic carbocycles. The van der Waals surface area contributed by atoms with Gasteiger partial charge in [0.15, 0.2) is 0 Å². The highest BCUT2D eigenvalue weighted by molar-refractivity contribution is 5.31. The molecule has 94 valence electrons. The van der Waals surface area contributed by atoms with Crippen molar-refractivity contribution in [2.75, 3.05) is 0 Å². The van der Waals surface area contributed by atoms with Crippen LogP contribution in [-0.2, 0) is 0 Å². The Morgan fingerprint density at radius 1 is 1.24 bits per heavy atom. The first-order chi connectivity index (χ1) is 7.87. The van der Waals surface area contributed by atoms with Gasteiger partial charge in [0.25, 0.3) is 0 Å². The molecule has 2 rings (SSSR count). The molecule has 1 aliphatic carbocycles. The quantitative estimate of drug-likeness (QED) is 0.869. The van der Waals surface area contributed by atoms with Crippen molar-refractivity contribution >= 4 is 0 Å². The van der Waals surface area contributed by atoms with E-state index in [0.29, 0.717) is 11.8 Å². The SMILES string of the molecule is CC1C(N)CC1c1ccc(OC(F)(F)F)cc1. The Bertz CT molecular complexity index is 388. The standard InChI is InChI=1S/C12H14F3NO/c1-7-10(6-11(7)16)8-2-4-9(5-3-8)17-12(13,14)15/h2-5,7,10-11H,6,16H2,1H3. The van der Waals surface area contributed by atoms with Crippen LogP contribution in [-0.4, -0.2) is 12.4 Å². The van der Waals surface area contributed by atoms with Gasteiger partial charge in [-0.25, -0.2) is 0 Å². The molecule has 0 amide bonds. The molecule has 2 N–H and O–H groups in total. The summed E-state index contributed by atoms with van der Waals surface area (Å²) in [5, 5.41) is 0. The van der Waals surface area contributed by atoms with Crippen LogP contribution >= 0.6 is 0 Å². The van der Waals surface area contributed by atoms with Gasteiger partial charge < -0.3 is 10.5 Å². The average molecular weight is 245 g/mol. The van der Waals surface area contributed by atoms with Gasteiger partial charge in [-0.15, -0.1) is 13.2 Å². The van der Waals surface area contributed by atoms with Crippen LogP contribution in [0.25, 0.3) is 0 Å². The van der Waals surface area contributed by atoms with Crippen molar-refractivity contribution < 1.29 is 17.9 Å². The second-order valence-corrected chi connectivity index (χ2v) is 4.48. The summed E-state index contributed by atoms with van der Waals surface area (Å²) in [6.07, 6.45) is -3.74. The minimum Gasteiger partial charge on any atom is -0.406 e. The lowest BCUT2D eigenvalue weighted by Crippen LogP contribution is -2.44. The lowest BCUT2D eigenvalue weighted by Gasteiger charge is -2.40. The topological polar surface area (TPSA) is 35.2 Å². The second-order valence-electron chi connectivity index (χ2n) is 4.48. The predicted molar refractivity (Wildman–Crippen MR) is 57.6 cm³/mol. The minimum atomic E-state index is -4.63. The van der Waals surface area contributed by atoms with Crippen LogP contribution in [0.15, 0.2) is 24.3 Å². The lowest BCUT2D eigenvalue weighted by atomic mass is 9.67. The van der Waals surface area contributed by atoms with Crippen LogP contribution < -0.4 is 10.5 Å². The first-order valence-corrected chi connectivity index (χ1v) is 5.48. The zero-order valence-corrected chi connectivity index (χ0v) is 9.37. The summed E-state index contributed by atoms with van der Waals surface area (Å²) in [5.41, 5.74) is 6.81. The first kappa shape index (κ1) is 12.2. The summed E-state index contributed by atoms with van der Waals surface area (Å²) in [6.45, 7) is 2.05. The van der Waals surface area contributed by atoms with Crippen LogP contribution in [0.5, 0.6) is 5.75 Å². The molecule has 0 heterocycles. The predicted octanol–water partition coefficient (Wildman–Crippen LogP) is 3.04. The Hall–Kier alpha value is -1.23. The first-order valence-electron chi connectivity index (χ1n) is 5.48. The fourth-order valence-corrected chi connectivity index (χ4v) is 2.18. The third kappa shape index (κ3) is 2.72. The van der Waals surface area contributed by atoms with Crippen molar-refractivity contribution in [2.45, 2.75) is 31.7 Å². The zero-order valence-electron chi connectivity index (χ0n) is 9.37. The molecule has 1 aromatic rings. The summed E-state index contributed by atoms with van der Waals surface area (Å²) in [6, 6.07) is 6.24. The lowest BCUT2D eigenvalue weighted by molar-refractivity contribution is -0.274. The normalized spacial score (nSPS) is 28.6. The number of rotatable bonds is 2. The largest absolute Gasteiger partial charge is 0.573 e. The van der Waals surface area contributed by atoms with Gasteiger partial charge in [-0.2, -0.15) is 0 Å². The third-order valence-corrected chi connectivity index (χ3v) is 3.38. The summed E-state index contributed by atoms with van der Waals surface area (Å²) in [4.78, 5) is 0. The van der Waals surface area contributed by atoms with Crippen LogP contribution in [0.3, 0.4) is 0 Å². The smallest absolute Gasteiger partial charge is 0.406 e. The van der Waals surface area contributed by atoms with E-state index in [9.17, 15) is 13.2 Å². The van der Waals surface area contributed by atoms with Crippen LogP contribution in [0.2, 0.25) is 0 Å². The van der Waals surface area contributed by atoms with Crippen LogP contribution in [0, 0.1) is 5.92 Å². The number of hydrogen-bond donors (Lipinski definition) is 1. The van der Waals surface area contributed by atoms with E-state index in [2.05, 4.69) is 11.7 Å². The molecule has 5 heteroatoms. The monoisotopic (exact) mass is 245 g/mol. The van der Waals surface area contributed by atoms with Gasteiger partial charge in [0.1, 0.15) is 5.75 Å². The molecule has 1 saturated carbocycles. The molecule has 1 fully saturated rings. The van der Waals surface area contributed by atoms with E-state index in [1.165, 1.54) is 12.1 Å². The van der Waals surface area contributed by atoms with Gasteiger partial charge >= 0.3 is 6.36 Å². The average Bonchev–Trinajstić information content (AvgIpc) is 2.25. The molecule has 0 bridgehead atoms. The highest BCUT2D eigenvalue weighted by atomic mass is 19.4. The number of alkyl halides is 3. The van der Waals surface area contributed by atoms with E-state index in [-0.39, 0.29) is 11.8 Å². The van der Waals surface area contributed by atoms with Gasteiger partial charge in [0, 0.05) is 6.04 Å². The van der Waals surface area contributed by atoms with E-state index >= 15 is 0 Å². The Morgan fingerprint density at radius 2 is 1.82 bits per heavy atom. The van der Waals surface area contributed by atoms with E-state index in [1.54, 1.807) is 12.1 Å². The molecule has 0 radical (unpaired) electrons. The Kier molecular flexibility index (Phi) is 3.03. The van der Waals surface area contributed by atoms with Crippen molar-refractivity contribution in [3.8, 4) is 5.75 Å². The number of hydrogen-bond acceptors (Lipinski definition) is 2. The van der Waals surface area contributed by atoms with Crippen molar-refractivity contribution in [3.05, 3.63) is 29.8 Å². The van der Waals surface area contributed by atoms with Crippen molar-refractivity contribution in [3.63, 3.8) is 0 Å². The summed E-state index contributed by atoms with van der Waals surface area (Å²) < 4.78 is 39.7. The van der Waals surface area contributed by atoms with Gasteiger partial charge in [0.05, 0.1) is 0 Å². The third-order valence-electron chi connectivity index (χ3n) is 3.38. The summed E-state index contributed by atoms with van der Waals surface area (Å²) >= 11 is 0. The molecule has 1 aliphatic rings. The molecule has 0 aliphatic heterocycles. The van der Waals surface area contributed by atoms with E-state index in [0.717, 1.165) is 12.0 Å². The Balaban J connectivity index is 2.04. The molecule has 3 atom stereocenters. The van der Waals surface area contributed by atoms with Crippen molar-refractivity contribution in [1.29, 1.82) is 0 Å². The minimum absolute atomic E-state index is 0.183. The highest BCUT2D eigenvalue weighted by Gasteiger charge is 2.36. The number of nitrogens with two attached hydrogens (primary N) is 1. The van der Waals surface area contributed by atoms with Crippen LogP contribution in [0.4, 0.5) is 13.2 Å². The molecule has 0 spiro atoms. The van der Waals surface area contributed by atoms with Crippen LogP contribution in [0.1, 0.15) is 24.8 Å². The number of halogens is 3. The Morgan fingerprint density at radius 3 is 2.24 bits per heavy atom. The highest BCUT2D eigenvalue weighted by Crippen LogP contribution is 2.41. The molecular formula is C12H14F3NO. The summed E-state index contributed by atoms with van der Waals surface area (Å²) in [7, 11) is 0. The van der Waals surface area contributed by atoms with Crippen molar-refractivity contribution in [2.24, 2.45) is 11.7 Å². The zero-order chi connectivity index (χ0) is 12.6. The maximum absolute atomic E-state index is 12.0. The van der Waals surface area contributed by atoms with Gasteiger partial charge in [-0.3, -0.25) is 0 Å². The van der Waals surface area contributed by atoms with Gasteiger partial charge in [-0.1, -0.05) is 19.1 Å². The van der Waals surface area contributed by atoms with Crippen molar-refractivity contribution in [1.82, 2.24) is 0 Å². The van der Waals surface area contributed by atoms with E-state index in [1.807, 2.05) is 0 Å². The molecular weight excluding hydrogens is 231 g/mol. The molecule has 17 heavy (non-hydrogen) atoms. The molecule has 0 saturated heterocycles.